The predicted molar refractivity (Wildman–Crippen MR) is 108 cm³/mol. The first-order chi connectivity index (χ1) is 13.5. The Balaban J connectivity index is 1.43. The fourth-order valence-electron chi connectivity index (χ4n) is 4.39. The zero-order chi connectivity index (χ0) is 19.7. The van der Waals surface area contributed by atoms with Crippen molar-refractivity contribution in [2.75, 3.05) is 24.5 Å². The molecule has 0 saturated carbocycles. The van der Waals surface area contributed by atoms with Crippen LogP contribution < -0.4 is 10.6 Å². The van der Waals surface area contributed by atoms with Gasteiger partial charge in [-0.15, -0.1) is 0 Å². The summed E-state index contributed by atoms with van der Waals surface area (Å²) in [6.45, 7) is 6.48. The van der Waals surface area contributed by atoms with E-state index in [0.29, 0.717) is 25.4 Å². The second kappa shape index (κ2) is 7.83. The third-order valence-corrected chi connectivity index (χ3v) is 5.94. The fraction of sp³-hybridized carbons (Fsp3) is 0.524. The average molecular weight is 380 g/mol. The van der Waals surface area contributed by atoms with Crippen LogP contribution in [0.2, 0.25) is 0 Å². The van der Waals surface area contributed by atoms with E-state index in [0.717, 1.165) is 30.9 Å². The number of hydrogen-bond donors (Lipinski definition) is 1. The molecule has 2 N–H and O–H groups in total. The predicted octanol–water partition coefficient (Wildman–Crippen LogP) is 1.53. The number of aromatic nitrogens is 3. The molecule has 4 rings (SSSR count). The number of pyridine rings is 1. The Kier molecular flexibility index (Phi) is 5.26. The lowest BCUT2D eigenvalue weighted by atomic mass is 10.0. The Morgan fingerprint density at radius 1 is 1.25 bits per heavy atom. The molecule has 0 spiro atoms. The molecule has 148 valence electrons. The molecule has 3 atom stereocenters. The Bertz CT molecular complexity index is 842. The van der Waals surface area contributed by atoms with Crippen LogP contribution in [0, 0.1) is 0 Å². The van der Waals surface area contributed by atoms with E-state index in [2.05, 4.69) is 33.7 Å². The highest BCUT2D eigenvalue weighted by atomic mass is 16.2. The summed E-state index contributed by atoms with van der Waals surface area (Å²) < 4.78 is 0. The number of nitrogens with two attached hydrogens (primary N) is 1. The van der Waals surface area contributed by atoms with Gasteiger partial charge in [-0.25, -0.2) is 9.97 Å². The Labute approximate surface area is 166 Å². The number of aryl methyl sites for hydroxylation is 1. The number of nitrogens with zero attached hydrogens (tertiary/aromatic N) is 5. The van der Waals surface area contributed by atoms with Crippen LogP contribution in [0.5, 0.6) is 0 Å². The minimum Gasteiger partial charge on any atom is -0.350 e. The van der Waals surface area contributed by atoms with E-state index in [4.69, 9.17) is 5.73 Å². The van der Waals surface area contributed by atoms with Crippen LogP contribution in [0.3, 0.4) is 0 Å². The fourth-order valence-corrected chi connectivity index (χ4v) is 4.39. The van der Waals surface area contributed by atoms with E-state index >= 15 is 0 Å². The quantitative estimate of drug-likeness (QED) is 0.865. The molecule has 1 saturated heterocycles. The number of anilines is 1. The van der Waals surface area contributed by atoms with Gasteiger partial charge in [0.25, 0.3) is 0 Å². The summed E-state index contributed by atoms with van der Waals surface area (Å²) in [6.07, 6.45) is 6.04. The van der Waals surface area contributed by atoms with Gasteiger partial charge in [0.2, 0.25) is 5.91 Å². The van der Waals surface area contributed by atoms with Crippen LogP contribution in [-0.2, 0) is 17.6 Å². The molecule has 2 aromatic heterocycles. The summed E-state index contributed by atoms with van der Waals surface area (Å²) in [5.74, 6) is 1.54. The third kappa shape index (κ3) is 3.58. The summed E-state index contributed by atoms with van der Waals surface area (Å²) in [4.78, 5) is 30.4. The molecule has 7 heteroatoms. The van der Waals surface area contributed by atoms with Crippen molar-refractivity contribution >= 4 is 11.7 Å². The Morgan fingerprint density at radius 3 is 2.86 bits per heavy atom. The van der Waals surface area contributed by atoms with Crippen LogP contribution in [0.25, 0.3) is 0 Å². The molecule has 1 amide bonds. The van der Waals surface area contributed by atoms with E-state index in [1.807, 2.05) is 23.1 Å². The van der Waals surface area contributed by atoms with Gasteiger partial charge in [0.05, 0.1) is 6.04 Å². The summed E-state index contributed by atoms with van der Waals surface area (Å²) in [6, 6.07) is 5.32. The Morgan fingerprint density at radius 2 is 2.11 bits per heavy atom. The van der Waals surface area contributed by atoms with Gasteiger partial charge in [-0.3, -0.25) is 9.78 Å². The average Bonchev–Trinajstić information content (AvgIpc) is 3.09. The third-order valence-electron chi connectivity index (χ3n) is 5.94. The van der Waals surface area contributed by atoms with Crippen molar-refractivity contribution in [1.29, 1.82) is 0 Å². The zero-order valence-electron chi connectivity index (χ0n) is 16.6. The molecule has 2 aliphatic rings. The molecule has 0 aromatic carbocycles. The molecule has 1 fully saturated rings. The number of hydrogen-bond acceptors (Lipinski definition) is 6. The van der Waals surface area contributed by atoms with Crippen molar-refractivity contribution in [3.8, 4) is 0 Å². The van der Waals surface area contributed by atoms with Gasteiger partial charge >= 0.3 is 0 Å². The lowest BCUT2D eigenvalue weighted by Crippen LogP contribution is -2.57. The second-order valence-corrected chi connectivity index (χ2v) is 7.96. The summed E-state index contributed by atoms with van der Waals surface area (Å²) in [7, 11) is 0. The molecule has 1 aliphatic heterocycles. The van der Waals surface area contributed by atoms with E-state index in [9.17, 15) is 4.79 Å². The maximum absolute atomic E-state index is 12.9. The van der Waals surface area contributed by atoms with Gasteiger partial charge in [-0.2, -0.15) is 0 Å². The monoisotopic (exact) mass is 380 g/mol. The van der Waals surface area contributed by atoms with Crippen molar-refractivity contribution in [1.82, 2.24) is 19.9 Å². The van der Waals surface area contributed by atoms with Crippen LogP contribution in [-0.4, -0.2) is 57.5 Å². The van der Waals surface area contributed by atoms with Crippen molar-refractivity contribution in [3.63, 3.8) is 0 Å². The maximum Gasteiger partial charge on any atom is 0.240 e. The number of carbonyl (C=O) groups excluding carboxylic acids is 1. The number of carbonyl (C=O) groups is 1. The second-order valence-electron chi connectivity index (χ2n) is 7.96. The van der Waals surface area contributed by atoms with E-state index in [-0.39, 0.29) is 11.9 Å². The first-order valence-corrected chi connectivity index (χ1v) is 10.1. The molecular formula is C21H28N6O. The number of rotatable bonds is 4. The molecule has 7 nitrogen and oxygen atoms in total. The lowest BCUT2D eigenvalue weighted by Gasteiger charge is -2.42. The number of fused-ring (bicyclic) bond motifs is 1. The summed E-state index contributed by atoms with van der Waals surface area (Å²) >= 11 is 0. The smallest absolute Gasteiger partial charge is 0.240 e. The van der Waals surface area contributed by atoms with E-state index in [1.54, 1.807) is 12.5 Å². The van der Waals surface area contributed by atoms with Crippen molar-refractivity contribution in [3.05, 3.63) is 47.7 Å². The lowest BCUT2D eigenvalue weighted by molar-refractivity contribution is -0.133. The molecule has 1 unspecified atom stereocenters. The first kappa shape index (κ1) is 18.8. The number of amides is 1. The highest BCUT2D eigenvalue weighted by molar-refractivity contribution is 5.82. The van der Waals surface area contributed by atoms with Crippen LogP contribution in [0.15, 0.2) is 30.7 Å². The minimum absolute atomic E-state index is 0.00145. The summed E-state index contributed by atoms with van der Waals surface area (Å²) in [5.41, 5.74) is 9.52. The highest BCUT2D eigenvalue weighted by Gasteiger charge is 2.33. The van der Waals surface area contributed by atoms with Gasteiger partial charge in [0.1, 0.15) is 12.1 Å². The molecular weight excluding hydrogens is 352 g/mol. The summed E-state index contributed by atoms with van der Waals surface area (Å²) in [5, 5.41) is 0. The normalized spacial score (nSPS) is 22.8. The SMILES string of the molecule is C[C@@H]1CCc2ncnc(N3CCN(C(=O)C(N)Cc4ccccn4)C[C@@H]3C)c21. The van der Waals surface area contributed by atoms with Crippen molar-refractivity contribution in [2.24, 2.45) is 5.73 Å². The largest absolute Gasteiger partial charge is 0.350 e. The molecule has 1 aliphatic carbocycles. The molecule has 3 heterocycles. The van der Waals surface area contributed by atoms with E-state index < -0.39 is 6.04 Å². The van der Waals surface area contributed by atoms with Gasteiger partial charge < -0.3 is 15.5 Å². The minimum atomic E-state index is -0.558. The van der Waals surface area contributed by atoms with Gasteiger partial charge in [-0.1, -0.05) is 13.0 Å². The maximum atomic E-state index is 12.9. The van der Waals surface area contributed by atoms with Gasteiger partial charge in [0.15, 0.2) is 0 Å². The highest BCUT2D eigenvalue weighted by Crippen LogP contribution is 2.37. The molecule has 2 aromatic rings. The van der Waals surface area contributed by atoms with Crippen LogP contribution in [0.4, 0.5) is 5.82 Å². The van der Waals surface area contributed by atoms with E-state index in [1.165, 1.54) is 11.3 Å². The van der Waals surface area contributed by atoms with Crippen LogP contribution in [0.1, 0.15) is 43.1 Å². The molecule has 0 bridgehead atoms. The van der Waals surface area contributed by atoms with Crippen molar-refractivity contribution < 1.29 is 4.79 Å². The topological polar surface area (TPSA) is 88.2 Å². The van der Waals surface area contributed by atoms with Crippen LogP contribution >= 0.6 is 0 Å². The standard InChI is InChI=1S/C21H28N6O/c1-14-6-7-18-19(14)20(25-13-24-18)27-10-9-26(12-15(27)2)21(28)17(22)11-16-5-3-4-8-23-16/h3-5,8,13-15,17H,6-7,9-12,22H2,1-2H3/t14-,15+,17?/m1/s1. The molecule has 28 heavy (non-hydrogen) atoms. The number of piperazine rings is 1. The van der Waals surface area contributed by atoms with Gasteiger partial charge in [0, 0.05) is 55.2 Å². The zero-order valence-corrected chi connectivity index (χ0v) is 16.6. The first-order valence-electron chi connectivity index (χ1n) is 10.1. The van der Waals surface area contributed by atoms with Gasteiger partial charge in [-0.05, 0) is 37.8 Å². The molecule has 0 radical (unpaired) electrons. The van der Waals surface area contributed by atoms with Crippen molar-refractivity contribution in [2.45, 2.75) is 51.1 Å². The Hall–Kier alpha value is -2.54.